The molecule has 0 amide bonds. The highest BCUT2D eigenvalue weighted by molar-refractivity contribution is 6.97. The fourth-order valence-electron chi connectivity index (χ4n) is 4.46. The molecular formula is C16H40O20Si8. The predicted molar refractivity (Wildman–Crippen MR) is 152 cm³/mol. The molecule has 20 nitrogen and oxygen atoms in total. The minimum atomic E-state index is -4.71. The average Bonchev–Trinajstić information content (AvgIpc) is 2.85. The Morgan fingerprint density at radius 3 is 0.386 bits per heavy atom. The summed E-state index contributed by atoms with van der Waals surface area (Å²) in [4.78, 5) is 0. The Morgan fingerprint density at radius 2 is 0.318 bits per heavy atom. The lowest BCUT2D eigenvalue weighted by atomic mass is 10.9. The fraction of sp³-hybridized carbons (Fsp3) is 1.00. The zero-order valence-corrected chi connectivity index (χ0v) is 33.8. The van der Waals surface area contributed by atoms with Gasteiger partial charge in [0.15, 0.2) is 0 Å². The first kappa shape index (κ1) is 36.2. The van der Waals surface area contributed by atoms with Gasteiger partial charge in [0.1, 0.15) is 0 Å². The molecular weight excluding hydrogens is 737 g/mol. The SMILES string of the molecule is CCO[Si]12O[Si]3(OCC)O[Si]4(OCC)O[Si](OCC)(O1)O[Si]1(OCC)O[Si](OCC)(O2)O[Si](OCC)(O3)O[Si](OCC)(O4)O1. The molecule has 0 atom stereocenters. The van der Waals surface area contributed by atoms with Gasteiger partial charge in [-0.05, 0) is 55.4 Å². The van der Waals surface area contributed by atoms with E-state index in [1.54, 1.807) is 55.4 Å². The van der Waals surface area contributed by atoms with Gasteiger partial charge in [-0.3, -0.25) is 0 Å². The van der Waals surface area contributed by atoms with E-state index in [4.69, 9.17) is 84.8 Å². The highest BCUT2D eigenvalue weighted by atomic mass is 28.7. The van der Waals surface area contributed by atoms with Crippen LogP contribution >= 0.6 is 0 Å². The molecule has 28 heteroatoms. The third-order valence-corrected chi connectivity index (χ3v) is 34.7. The first-order valence-corrected chi connectivity index (χ1v) is 27.6. The average molecular weight is 777 g/mol. The number of rotatable bonds is 16. The van der Waals surface area contributed by atoms with Crippen molar-refractivity contribution in [2.45, 2.75) is 55.4 Å². The molecule has 0 aromatic carbocycles. The molecule has 0 aromatic heterocycles. The van der Waals surface area contributed by atoms with Crippen LogP contribution in [0.4, 0.5) is 0 Å². The van der Waals surface area contributed by atoms with E-state index in [-0.39, 0.29) is 52.9 Å². The molecule has 0 unspecified atom stereocenters. The van der Waals surface area contributed by atoms with Crippen molar-refractivity contribution in [2.75, 3.05) is 52.9 Å². The molecule has 0 spiro atoms. The highest BCUT2D eigenvalue weighted by Gasteiger charge is 2.91. The summed E-state index contributed by atoms with van der Waals surface area (Å²) in [5.41, 5.74) is 0. The summed E-state index contributed by atoms with van der Waals surface area (Å²) in [7, 11) is -37.7. The monoisotopic (exact) mass is 776 g/mol. The first-order valence-electron chi connectivity index (χ1n) is 14.5. The summed E-state index contributed by atoms with van der Waals surface area (Å²) in [6.07, 6.45) is 0. The van der Waals surface area contributed by atoms with E-state index in [1.165, 1.54) is 0 Å². The smallest absolute Gasteiger partial charge is 0.353 e. The number of hydrogen-bond donors (Lipinski definition) is 0. The maximum atomic E-state index is 6.57. The summed E-state index contributed by atoms with van der Waals surface area (Å²) < 4.78 is 128. The quantitative estimate of drug-likeness (QED) is 0.191. The molecule has 256 valence electrons. The lowest BCUT2D eigenvalue weighted by Gasteiger charge is -2.57. The van der Waals surface area contributed by atoms with Gasteiger partial charge in [-0.2, -0.15) is 0 Å². The van der Waals surface area contributed by atoms with Crippen molar-refractivity contribution in [1.29, 1.82) is 0 Å². The number of hydrogen-bond acceptors (Lipinski definition) is 20. The normalized spacial score (nSPS) is 46.4. The van der Waals surface area contributed by atoms with Crippen LogP contribution in [0, 0.1) is 0 Å². The van der Waals surface area contributed by atoms with Gasteiger partial charge >= 0.3 is 72.4 Å². The molecule has 8 bridgehead atoms. The van der Waals surface area contributed by atoms with Crippen molar-refractivity contribution >= 4 is 72.4 Å². The molecule has 0 aromatic rings. The zero-order chi connectivity index (χ0) is 31.8. The van der Waals surface area contributed by atoms with Crippen LogP contribution in [0.3, 0.4) is 0 Å². The highest BCUT2D eigenvalue weighted by Crippen LogP contribution is 2.49. The third-order valence-electron chi connectivity index (χ3n) is 5.57. The maximum Gasteiger partial charge on any atom is 0.662 e. The summed E-state index contributed by atoms with van der Waals surface area (Å²) in [6, 6.07) is 0. The van der Waals surface area contributed by atoms with Gasteiger partial charge < -0.3 is 84.8 Å². The van der Waals surface area contributed by atoms with E-state index < -0.39 is 72.4 Å². The van der Waals surface area contributed by atoms with Gasteiger partial charge in [-0.1, -0.05) is 0 Å². The minimum Gasteiger partial charge on any atom is -0.353 e. The van der Waals surface area contributed by atoms with Crippen LogP contribution in [0.15, 0.2) is 0 Å². The summed E-state index contributed by atoms with van der Waals surface area (Å²) in [6.45, 7) is 13.5. The lowest BCUT2D eigenvalue weighted by molar-refractivity contribution is -0.165. The summed E-state index contributed by atoms with van der Waals surface area (Å²) in [5, 5.41) is 0. The first-order chi connectivity index (χ1) is 21.0. The van der Waals surface area contributed by atoms with Crippen LogP contribution < -0.4 is 0 Å². The molecule has 0 saturated carbocycles. The second kappa shape index (κ2) is 13.7. The maximum absolute atomic E-state index is 6.57. The van der Waals surface area contributed by atoms with Crippen LogP contribution in [-0.2, 0) is 84.8 Å². The topological polar surface area (TPSA) is 185 Å². The Kier molecular flexibility index (Phi) is 11.3. The van der Waals surface area contributed by atoms with E-state index in [9.17, 15) is 0 Å². The van der Waals surface area contributed by atoms with Gasteiger partial charge in [-0.15, -0.1) is 0 Å². The summed E-state index contributed by atoms with van der Waals surface area (Å²) in [5.74, 6) is 0. The van der Waals surface area contributed by atoms with E-state index in [0.717, 1.165) is 0 Å². The van der Waals surface area contributed by atoms with Crippen LogP contribution in [0.25, 0.3) is 0 Å². The standard InChI is InChI=1S/C16H40O20Si8/c1-9-17-37-25-38(18-10-2)28-41(21-13-5)30-39(26-37,19-11-3)32-43(23-15-7)33-40(27-37,20-12-4)31-42(29-38,22-14-6)35-44(34-41,36-43)24-16-8/h9-16H2,1-8H3. The van der Waals surface area contributed by atoms with Crippen LogP contribution in [0.1, 0.15) is 55.4 Å². The van der Waals surface area contributed by atoms with Gasteiger partial charge in [0.2, 0.25) is 0 Å². The molecule has 44 heavy (non-hydrogen) atoms. The van der Waals surface area contributed by atoms with Crippen molar-refractivity contribution in [3.8, 4) is 0 Å². The molecule has 0 radical (unpaired) electrons. The Morgan fingerprint density at radius 1 is 0.227 bits per heavy atom. The van der Waals surface area contributed by atoms with Crippen molar-refractivity contribution in [2.24, 2.45) is 0 Å². The Bertz CT molecular complexity index is 704. The van der Waals surface area contributed by atoms with Crippen LogP contribution in [0.2, 0.25) is 0 Å². The van der Waals surface area contributed by atoms with Crippen molar-refractivity contribution in [3.05, 3.63) is 0 Å². The van der Waals surface area contributed by atoms with Crippen molar-refractivity contribution < 1.29 is 84.8 Å². The van der Waals surface area contributed by atoms with Crippen molar-refractivity contribution in [1.82, 2.24) is 0 Å². The van der Waals surface area contributed by atoms with E-state index in [1.807, 2.05) is 0 Å². The van der Waals surface area contributed by atoms with E-state index >= 15 is 0 Å². The minimum absolute atomic E-state index is 0.00397. The zero-order valence-electron chi connectivity index (χ0n) is 25.8. The molecule has 0 aliphatic carbocycles. The molecule has 6 saturated heterocycles. The lowest BCUT2D eigenvalue weighted by Crippen LogP contribution is -2.91. The van der Waals surface area contributed by atoms with E-state index in [0.29, 0.717) is 0 Å². The second-order valence-electron chi connectivity index (χ2n) is 8.69. The largest absolute Gasteiger partial charge is 0.662 e. The Balaban J connectivity index is 1.88. The molecule has 6 rings (SSSR count). The predicted octanol–water partition coefficient (Wildman–Crippen LogP) is 0.0304. The Labute approximate surface area is 264 Å². The second-order valence-corrected chi connectivity index (χ2v) is 28.8. The van der Waals surface area contributed by atoms with Crippen LogP contribution in [-0.4, -0.2) is 125 Å². The molecule has 6 aliphatic rings. The molecule has 6 heterocycles. The van der Waals surface area contributed by atoms with E-state index in [2.05, 4.69) is 0 Å². The Hall–Kier alpha value is 0.935. The molecule has 6 aliphatic heterocycles. The van der Waals surface area contributed by atoms with Gasteiger partial charge in [0.05, 0.1) is 0 Å². The third kappa shape index (κ3) is 6.86. The molecule has 0 N–H and O–H groups in total. The molecule has 6 fully saturated rings. The van der Waals surface area contributed by atoms with Gasteiger partial charge in [0.25, 0.3) is 0 Å². The fourth-order valence-corrected chi connectivity index (χ4v) is 40.6. The summed E-state index contributed by atoms with van der Waals surface area (Å²) >= 11 is 0. The van der Waals surface area contributed by atoms with Gasteiger partial charge in [0, 0.05) is 52.9 Å². The van der Waals surface area contributed by atoms with Crippen LogP contribution in [0.5, 0.6) is 0 Å². The van der Waals surface area contributed by atoms with Gasteiger partial charge in [-0.25, -0.2) is 0 Å². The van der Waals surface area contributed by atoms with Crippen molar-refractivity contribution in [3.63, 3.8) is 0 Å².